The zero-order valence-electron chi connectivity index (χ0n) is 12.6. The summed E-state index contributed by atoms with van der Waals surface area (Å²) in [4.78, 5) is 0. The molecule has 0 aromatic heterocycles. The number of methoxy groups -OCH3 is 1. The summed E-state index contributed by atoms with van der Waals surface area (Å²) in [5.74, 6) is 0.640. The van der Waals surface area contributed by atoms with E-state index in [9.17, 15) is 0 Å². The molecule has 0 aliphatic rings. The second kappa shape index (κ2) is 10.8. The van der Waals surface area contributed by atoms with Crippen LogP contribution in [0.2, 0.25) is 5.02 Å². The summed E-state index contributed by atoms with van der Waals surface area (Å²) in [7, 11) is 1.64. The lowest BCUT2D eigenvalue weighted by molar-refractivity contribution is 0.0180. The molecule has 0 aliphatic carbocycles. The van der Waals surface area contributed by atoms with Gasteiger partial charge in [-0.05, 0) is 24.6 Å². The van der Waals surface area contributed by atoms with Gasteiger partial charge in [0.25, 0.3) is 0 Å². The average Bonchev–Trinajstić information content (AvgIpc) is 2.46. The first-order valence-electron chi connectivity index (χ1n) is 6.97. The van der Waals surface area contributed by atoms with Gasteiger partial charge in [-0.2, -0.15) is 0 Å². The van der Waals surface area contributed by atoms with Crippen LogP contribution in [0.25, 0.3) is 0 Å². The molecule has 0 spiro atoms. The number of halogens is 1. The predicted molar refractivity (Wildman–Crippen MR) is 83.1 cm³/mol. The number of hydrogen-bond acceptors (Lipinski definition) is 5. The maximum absolute atomic E-state index is 6.13. The van der Waals surface area contributed by atoms with Crippen LogP contribution in [0, 0.1) is 0 Å². The highest BCUT2D eigenvalue weighted by Crippen LogP contribution is 2.27. The van der Waals surface area contributed by atoms with Crippen molar-refractivity contribution in [2.75, 3.05) is 46.8 Å². The second-order valence-corrected chi connectivity index (χ2v) is 4.95. The van der Waals surface area contributed by atoms with E-state index < -0.39 is 0 Å². The van der Waals surface area contributed by atoms with Crippen molar-refractivity contribution >= 4 is 11.6 Å². The highest BCUT2D eigenvalue weighted by molar-refractivity contribution is 6.32. The van der Waals surface area contributed by atoms with Crippen molar-refractivity contribution in [2.24, 2.45) is 5.73 Å². The molecule has 0 saturated carbocycles. The van der Waals surface area contributed by atoms with Gasteiger partial charge in [-0.25, -0.2) is 0 Å². The van der Waals surface area contributed by atoms with Gasteiger partial charge < -0.3 is 24.7 Å². The second-order valence-electron chi connectivity index (χ2n) is 4.54. The molecule has 1 atom stereocenters. The van der Waals surface area contributed by atoms with Crippen LogP contribution in [-0.4, -0.2) is 46.8 Å². The van der Waals surface area contributed by atoms with Crippen LogP contribution in [0.5, 0.6) is 5.75 Å². The Morgan fingerprint density at radius 1 is 1.05 bits per heavy atom. The zero-order valence-corrected chi connectivity index (χ0v) is 13.4. The SMILES string of the molecule is COCCOCCOCCOc1ccc([C@H](C)N)cc1Cl. The van der Waals surface area contributed by atoms with Crippen LogP contribution in [0.15, 0.2) is 18.2 Å². The molecule has 1 rings (SSSR count). The lowest BCUT2D eigenvalue weighted by Crippen LogP contribution is -2.12. The largest absolute Gasteiger partial charge is 0.490 e. The lowest BCUT2D eigenvalue weighted by Gasteiger charge is -2.11. The normalized spacial score (nSPS) is 12.4. The van der Waals surface area contributed by atoms with E-state index >= 15 is 0 Å². The molecule has 6 heteroatoms. The molecule has 0 heterocycles. The minimum atomic E-state index is -0.0435. The van der Waals surface area contributed by atoms with Crippen LogP contribution in [-0.2, 0) is 14.2 Å². The van der Waals surface area contributed by atoms with Crippen LogP contribution in [0.4, 0.5) is 0 Å². The summed E-state index contributed by atoms with van der Waals surface area (Å²) in [5.41, 5.74) is 6.78. The van der Waals surface area contributed by atoms with E-state index in [2.05, 4.69) is 0 Å². The first-order chi connectivity index (χ1) is 10.1. The molecule has 0 bridgehead atoms. The smallest absolute Gasteiger partial charge is 0.138 e. The third kappa shape index (κ3) is 7.64. The van der Waals surface area contributed by atoms with Gasteiger partial charge in [0.1, 0.15) is 12.4 Å². The Bertz CT molecular complexity index is 401. The molecule has 1 aromatic carbocycles. The average molecular weight is 318 g/mol. The molecule has 5 nitrogen and oxygen atoms in total. The van der Waals surface area contributed by atoms with Gasteiger partial charge in [-0.1, -0.05) is 17.7 Å². The Kier molecular flexibility index (Phi) is 9.37. The third-order valence-corrected chi connectivity index (χ3v) is 3.07. The van der Waals surface area contributed by atoms with Gasteiger partial charge in [0, 0.05) is 13.2 Å². The van der Waals surface area contributed by atoms with Gasteiger partial charge in [-0.15, -0.1) is 0 Å². The number of hydrogen-bond donors (Lipinski definition) is 1. The Hall–Kier alpha value is -0.850. The Morgan fingerprint density at radius 2 is 1.67 bits per heavy atom. The fraction of sp³-hybridized carbons (Fsp3) is 0.600. The molecule has 1 aromatic rings. The number of rotatable bonds is 11. The molecule has 120 valence electrons. The molecular formula is C15H24ClNO4. The summed E-state index contributed by atoms with van der Waals surface area (Å²) in [5, 5.41) is 0.563. The lowest BCUT2D eigenvalue weighted by atomic mass is 10.1. The van der Waals surface area contributed by atoms with E-state index in [1.807, 2.05) is 25.1 Å². The third-order valence-electron chi connectivity index (χ3n) is 2.77. The van der Waals surface area contributed by atoms with Crippen LogP contribution in [0.3, 0.4) is 0 Å². The summed E-state index contributed by atoms with van der Waals surface area (Å²) in [6, 6.07) is 5.52. The highest BCUT2D eigenvalue weighted by Gasteiger charge is 2.05. The van der Waals surface area contributed by atoms with Crippen molar-refractivity contribution in [1.82, 2.24) is 0 Å². The van der Waals surface area contributed by atoms with Gasteiger partial charge in [0.05, 0.1) is 38.1 Å². The summed E-state index contributed by atoms with van der Waals surface area (Å²) in [6.07, 6.45) is 0. The molecule has 0 fully saturated rings. The standard InChI is InChI=1S/C15H24ClNO4/c1-12(17)13-3-4-15(14(16)11-13)21-10-9-20-8-7-19-6-5-18-2/h3-4,11-12H,5-10,17H2,1-2H3/t12-/m0/s1. The molecular weight excluding hydrogens is 294 g/mol. The fourth-order valence-corrected chi connectivity index (χ4v) is 1.84. The van der Waals surface area contributed by atoms with Gasteiger partial charge in [0.15, 0.2) is 0 Å². The molecule has 21 heavy (non-hydrogen) atoms. The van der Waals surface area contributed by atoms with Crippen molar-refractivity contribution in [3.63, 3.8) is 0 Å². The summed E-state index contributed by atoms with van der Waals surface area (Å²) < 4.78 is 21.1. The van der Waals surface area contributed by atoms with Crippen molar-refractivity contribution < 1.29 is 18.9 Å². The zero-order chi connectivity index (χ0) is 15.5. The first-order valence-corrected chi connectivity index (χ1v) is 7.35. The predicted octanol–water partition coefficient (Wildman–Crippen LogP) is 2.42. The van der Waals surface area contributed by atoms with Crippen molar-refractivity contribution in [1.29, 1.82) is 0 Å². The maximum Gasteiger partial charge on any atom is 0.138 e. The highest BCUT2D eigenvalue weighted by atomic mass is 35.5. The van der Waals surface area contributed by atoms with E-state index in [4.69, 9.17) is 36.3 Å². The van der Waals surface area contributed by atoms with E-state index in [1.54, 1.807) is 7.11 Å². The first kappa shape index (κ1) is 18.2. The Morgan fingerprint density at radius 3 is 2.24 bits per heavy atom. The number of nitrogens with two attached hydrogens (primary N) is 1. The van der Waals surface area contributed by atoms with E-state index in [0.717, 1.165) is 5.56 Å². The minimum absolute atomic E-state index is 0.0435. The molecule has 0 unspecified atom stereocenters. The Balaban J connectivity index is 2.13. The fourth-order valence-electron chi connectivity index (χ4n) is 1.59. The summed E-state index contributed by atoms with van der Waals surface area (Å²) in [6.45, 7) is 5.09. The summed E-state index contributed by atoms with van der Waals surface area (Å²) >= 11 is 6.13. The van der Waals surface area contributed by atoms with Crippen LogP contribution in [0.1, 0.15) is 18.5 Å². The van der Waals surface area contributed by atoms with Gasteiger partial charge in [0.2, 0.25) is 0 Å². The van der Waals surface area contributed by atoms with Crippen LogP contribution < -0.4 is 10.5 Å². The van der Waals surface area contributed by atoms with E-state index in [-0.39, 0.29) is 6.04 Å². The quantitative estimate of drug-likeness (QED) is 0.635. The molecule has 0 aliphatic heterocycles. The number of benzene rings is 1. The Labute approximate surface area is 131 Å². The topological polar surface area (TPSA) is 62.9 Å². The molecule has 0 radical (unpaired) electrons. The van der Waals surface area contributed by atoms with E-state index in [0.29, 0.717) is 50.4 Å². The van der Waals surface area contributed by atoms with Crippen LogP contribution >= 0.6 is 11.6 Å². The molecule has 0 saturated heterocycles. The van der Waals surface area contributed by atoms with Crippen molar-refractivity contribution in [3.8, 4) is 5.75 Å². The van der Waals surface area contributed by atoms with Gasteiger partial charge in [-0.3, -0.25) is 0 Å². The monoisotopic (exact) mass is 317 g/mol. The number of ether oxygens (including phenoxy) is 4. The van der Waals surface area contributed by atoms with Crippen molar-refractivity contribution in [3.05, 3.63) is 28.8 Å². The maximum atomic E-state index is 6.13. The minimum Gasteiger partial charge on any atom is -0.490 e. The van der Waals surface area contributed by atoms with Gasteiger partial charge >= 0.3 is 0 Å². The van der Waals surface area contributed by atoms with Crippen molar-refractivity contribution in [2.45, 2.75) is 13.0 Å². The van der Waals surface area contributed by atoms with E-state index in [1.165, 1.54) is 0 Å². The molecule has 0 amide bonds. The molecule has 2 N–H and O–H groups in total.